The Kier molecular flexibility index (Phi) is 8.10. The number of nitrogens with zero attached hydrogens (tertiary/aromatic N) is 6. The number of benzene rings is 1. The third-order valence-corrected chi connectivity index (χ3v) is 8.98. The van der Waals surface area contributed by atoms with Crippen molar-refractivity contribution >= 4 is 39.6 Å². The van der Waals surface area contributed by atoms with Crippen molar-refractivity contribution in [2.75, 3.05) is 25.5 Å². The van der Waals surface area contributed by atoms with Gasteiger partial charge in [0, 0.05) is 60.8 Å². The first-order valence-corrected chi connectivity index (χ1v) is 15.8. The summed E-state index contributed by atoms with van der Waals surface area (Å²) >= 11 is 0. The van der Waals surface area contributed by atoms with Gasteiger partial charge in [-0.2, -0.15) is 0 Å². The zero-order valence-electron chi connectivity index (χ0n) is 26.3. The van der Waals surface area contributed by atoms with E-state index in [2.05, 4.69) is 20.9 Å². The van der Waals surface area contributed by atoms with Crippen LogP contribution in [-0.4, -0.2) is 78.3 Å². The van der Waals surface area contributed by atoms with E-state index in [1.165, 1.54) is 11.1 Å². The molecule has 47 heavy (non-hydrogen) atoms. The van der Waals surface area contributed by atoms with Crippen molar-refractivity contribution in [3.8, 4) is 17.3 Å². The lowest BCUT2D eigenvalue weighted by atomic mass is 10.0. The number of methoxy groups -OCH3 is 1. The Hall–Kier alpha value is -4.88. The van der Waals surface area contributed by atoms with Crippen LogP contribution in [0, 0.1) is 5.92 Å². The number of amides is 2. The molecule has 0 radical (unpaired) electrons. The highest BCUT2D eigenvalue weighted by molar-refractivity contribution is 6.00. The van der Waals surface area contributed by atoms with Gasteiger partial charge >= 0.3 is 0 Å². The van der Waals surface area contributed by atoms with Crippen molar-refractivity contribution in [3.63, 3.8) is 0 Å². The molecule has 1 aliphatic carbocycles. The van der Waals surface area contributed by atoms with E-state index in [-0.39, 0.29) is 37.8 Å². The number of pyridine rings is 2. The standard InChI is InChI=1S/C34H37FN8O4/c1-41-31-27(9-21(11-29(31)47-2)34(46)42-16-23(35)12-24(36)17-42)40-33(41)28-10-20-5-6-25(38-32(20)43(28)15-19-3-4-19)13-30(45)39-26-7-8-37-14-22(26)18-44/h5-11,14,19,23-24,44H,3-4,12-13,15-18,36H2,1-2H3,(H,37,39,45)/t23-,24-/m1/s1. The lowest BCUT2D eigenvalue weighted by Crippen LogP contribution is -2.50. The van der Waals surface area contributed by atoms with Crippen LogP contribution in [-0.2, 0) is 31.4 Å². The van der Waals surface area contributed by atoms with Crippen molar-refractivity contribution in [1.82, 2.24) is 29.0 Å². The van der Waals surface area contributed by atoms with E-state index in [0.29, 0.717) is 52.1 Å². The fourth-order valence-corrected chi connectivity index (χ4v) is 6.47. The number of piperidine rings is 1. The van der Waals surface area contributed by atoms with Gasteiger partial charge < -0.3 is 34.9 Å². The Bertz CT molecular complexity index is 1990. The minimum absolute atomic E-state index is 0.00566. The summed E-state index contributed by atoms with van der Waals surface area (Å²) in [5.74, 6) is 1.12. The smallest absolute Gasteiger partial charge is 0.254 e. The van der Waals surface area contributed by atoms with Gasteiger partial charge in [-0.3, -0.25) is 14.6 Å². The summed E-state index contributed by atoms with van der Waals surface area (Å²) in [7, 11) is 3.46. The van der Waals surface area contributed by atoms with Gasteiger partial charge in [0.25, 0.3) is 5.91 Å². The molecule has 1 aromatic carbocycles. The Morgan fingerprint density at radius 2 is 1.98 bits per heavy atom. The lowest BCUT2D eigenvalue weighted by molar-refractivity contribution is -0.115. The molecule has 13 heteroatoms. The zero-order chi connectivity index (χ0) is 32.8. The zero-order valence-corrected chi connectivity index (χ0v) is 26.3. The number of fused-ring (bicyclic) bond motifs is 2. The third kappa shape index (κ3) is 6.03. The summed E-state index contributed by atoms with van der Waals surface area (Å²) in [5.41, 5.74) is 11.0. The van der Waals surface area contributed by atoms with E-state index in [9.17, 15) is 19.1 Å². The molecular weight excluding hydrogens is 603 g/mol. The van der Waals surface area contributed by atoms with Crippen molar-refractivity contribution < 1.29 is 23.8 Å². The van der Waals surface area contributed by atoms with Gasteiger partial charge in [0.1, 0.15) is 23.1 Å². The van der Waals surface area contributed by atoms with Crippen molar-refractivity contribution in [3.05, 3.63) is 65.6 Å². The topological polar surface area (TPSA) is 153 Å². The largest absolute Gasteiger partial charge is 0.494 e. The number of ether oxygens (including phenoxy) is 1. The molecule has 5 aromatic rings. The Morgan fingerprint density at radius 3 is 2.72 bits per heavy atom. The predicted octanol–water partition coefficient (Wildman–Crippen LogP) is 3.59. The number of carbonyl (C=O) groups is 2. The van der Waals surface area contributed by atoms with Crippen LogP contribution in [0.15, 0.2) is 48.8 Å². The van der Waals surface area contributed by atoms with Crippen LogP contribution in [0.1, 0.15) is 40.9 Å². The minimum Gasteiger partial charge on any atom is -0.494 e. The third-order valence-electron chi connectivity index (χ3n) is 8.98. The maximum Gasteiger partial charge on any atom is 0.254 e. The number of nitrogens with two attached hydrogens (primary N) is 1. The fraction of sp³-hybridized carbons (Fsp3) is 0.382. The summed E-state index contributed by atoms with van der Waals surface area (Å²) in [6, 6.07) is 10.5. The highest BCUT2D eigenvalue weighted by Gasteiger charge is 2.30. The monoisotopic (exact) mass is 640 g/mol. The van der Waals surface area contributed by atoms with Gasteiger partial charge in [0.2, 0.25) is 5.91 Å². The summed E-state index contributed by atoms with van der Waals surface area (Å²) in [5, 5.41) is 13.4. The van der Waals surface area contributed by atoms with Gasteiger partial charge in [-0.1, -0.05) is 0 Å². The molecule has 2 fully saturated rings. The number of anilines is 1. The number of alkyl halides is 1. The fourth-order valence-electron chi connectivity index (χ4n) is 6.47. The average Bonchev–Trinajstić information content (AvgIpc) is 3.73. The van der Waals surface area contributed by atoms with Crippen LogP contribution in [0.4, 0.5) is 10.1 Å². The molecule has 2 atom stereocenters. The number of aliphatic hydroxyl groups is 1. The number of aliphatic hydroxyl groups excluding tert-OH is 1. The number of likely N-dealkylation sites (tertiary alicyclic amines) is 1. The number of hydrogen-bond donors (Lipinski definition) is 3. The average molecular weight is 641 g/mol. The van der Waals surface area contributed by atoms with Crippen LogP contribution < -0.4 is 15.8 Å². The molecule has 2 amide bonds. The number of imidazole rings is 1. The number of carbonyl (C=O) groups excluding carboxylic acids is 2. The molecule has 4 N–H and O–H groups in total. The molecule has 2 aliphatic rings. The molecule has 0 bridgehead atoms. The second-order valence-electron chi connectivity index (χ2n) is 12.6. The van der Waals surface area contributed by atoms with E-state index >= 15 is 0 Å². The van der Waals surface area contributed by atoms with E-state index in [0.717, 1.165) is 41.6 Å². The number of nitrogens with one attached hydrogen (secondary N) is 1. The normalized spacial score (nSPS) is 18.2. The number of halogens is 1. The van der Waals surface area contributed by atoms with Crippen molar-refractivity contribution in [2.24, 2.45) is 18.7 Å². The van der Waals surface area contributed by atoms with Crippen LogP contribution in [0.2, 0.25) is 0 Å². The van der Waals surface area contributed by atoms with Gasteiger partial charge in [-0.25, -0.2) is 14.4 Å². The summed E-state index contributed by atoms with van der Waals surface area (Å²) < 4.78 is 24.1. The molecule has 7 rings (SSSR count). The number of aryl methyl sites for hydroxylation is 1. The van der Waals surface area contributed by atoms with Gasteiger partial charge in [0.15, 0.2) is 5.82 Å². The second kappa shape index (κ2) is 12.4. The number of aromatic nitrogens is 5. The van der Waals surface area contributed by atoms with Gasteiger partial charge in [0.05, 0.1) is 43.6 Å². The van der Waals surface area contributed by atoms with Crippen LogP contribution in [0.3, 0.4) is 0 Å². The molecule has 12 nitrogen and oxygen atoms in total. The number of rotatable bonds is 9. The van der Waals surface area contributed by atoms with E-state index < -0.39 is 12.2 Å². The minimum atomic E-state index is -1.16. The predicted molar refractivity (Wildman–Crippen MR) is 175 cm³/mol. The first-order chi connectivity index (χ1) is 22.7. The second-order valence-corrected chi connectivity index (χ2v) is 12.6. The quantitative estimate of drug-likeness (QED) is 0.221. The summed E-state index contributed by atoms with van der Waals surface area (Å²) in [4.78, 5) is 41.8. The molecule has 0 spiro atoms. The first kappa shape index (κ1) is 30.8. The van der Waals surface area contributed by atoms with E-state index in [1.807, 2.05) is 23.7 Å². The molecular formula is C34H37FN8O4. The molecule has 5 heterocycles. The Labute approximate surface area is 270 Å². The maximum absolute atomic E-state index is 14.3. The molecule has 244 valence electrons. The van der Waals surface area contributed by atoms with Crippen molar-refractivity contribution in [2.45, 2.75) is 51.0 Å². The molecule has 1 saturated carbocycles. The van der Waals surface area contributed by atoms with Gasteiger partial charge in [-0.15, -0.1) is 0 Å². The molecule has 1 aliphatic heterocycles. The molecule has 0 unspecified atom stereocenters. The highest BCUT2D eigenvalue weighted by atomic mass is 19.1. The van der Waals surface area contributed by atoms with Crippen molar-refractivity contribution in [1.29, 1.82) is 0 Å². The summed E-state index contributed by atoms with van der Waals surface area (Å²) in [6.07, 6.45) is 4.47. The van der Waals surface area contributed by atoms with Gasteiger partial charge in [-0.05, 0) is 61.6 Å². The summed E-state index contributed by atoms with van der Waals surface area (Å²) in [6.45, 7) is 0.815. The van der Waals surface area contributed by atoms with Crippen LogP contribution in [0.25, 0.3) is 33.6 Å². The SMILES string of the molecule is COc1cc(C(=O)N2C[C@H](N)C[C@@H](F)C2)cc2nc(-c3cc4ccc(CC(=O)Nc5ccncc5CO)nc4n3CC3CC3)n(C)c12. The Balaban J connectivity index is 1.24. The molecule has 4 aromatic heterocycles. The van der Waals surface area contributed by atoms with Crippen LogP contribution in [0.5, 0.6) is 5.75 Å². The van der Waals surface area contributed by atoms with E-state index in [1.54, 1.807) is 31.5 Å². The Morgan fingerprint density at radius 1 is 1.15 bits per heavy atom. The maximum atomic E-state index is 14.3. The van der Waals surface area contributed by atoms with Crippen LogP contribution >= 0.6 is 0 Å². The number of hydrogen-bond acceptors (Lipinski definition) is 8. The first-order valence-electron chi connectivity index (χ1n) is 15.8. The molecule has 1 saturated heterocycles. The lowest BCUT2D eigenvalue weighted by Gasteiger charge is -2.33. The highest BCUT2D eigenvalue weighted by Crippen LogP contribution is 2.38. The van der Waals surface area contributed by atoms with E-state index in [4.69, 9.17) is 20.4 Å².